The van der Waals surface area contributed by atoms with Gasteiger partial charge in [-0.25, -0.2) is 0 Å². The molecular weight excluding hydrogens is 414 g/mol. The third-order valence-electron chi connectivity index (χ3n) is 6.81. The first kappa shape index (κ1) is 26.9. The van der Waals surface area contributed by atoms with Crippen LogP contribution in [0.15, 0.2) is 12.2 Å². The van der Waals surface area contributed by atoms with E-state index < -0.39 is 42.1 Å². The van der Waals surface area contributed by atoms with Crippen LogP contribution in [0.1, 0.15) is 60.8 Å². The molecule has 2 heterocycles. The zero-order valence-electron chi connectivity index (χ0n) is 20.4. The van der Waals surface area contributed by atoms with Gasteiger partial charge in [-0.3, -0.25) is 9.59 Å². The van der Waals surface area contributed by atoms with Gasteiger partial charge in [-0.05, 0) is 65.2 Å². The lowest BCUT2D eigenvalue weighted by Gasteiger charge is -2.41. The van der Waals surface area contributed by atoms with Crippen molar-refractivity contribution in [2.24, 2.45) is 17.8 Å². The topological polar surface area (TPSA) is 114 Å². The predicted molar refractivity (Wildman–Crippen MR) is 120 cm³/mol. The van der Waals surface area contributed by atoms with E-state index >= 15 is 0 Å². The Morgan fingerprint density at radius 3 is 2.47 bits per heavy atom. The molecule has 32 heavy (non-hydrogen) atoms. The number of cyclic esters (lactones) is 1. The van der Waals surface area contributed by atoms with Gasteiger partial charge in [0.05, 0.1) is 18.1 Å². The van der Waals surface area contributed by atoms with Crippen LogP contribution in [-0.2, 0) is 23.8 Å². The summed E-state index contributed by atoms with van der Waals surface area (Å²) < 4.78 is 17.8. The van der Waals surface area contributed by atoms with Crippen LogP contribution in [0.25, 0.3) is 0 Å². The van der Waals surface area contributed by atoms with Crippen LogP contribution in [0.4, 0.5) is 0 Å². The van der Waals surface area contributed by atoms with Crippen LogP contribution in [0.2, 0.25) is 0 Å². The third-order valence-corrected chi connectivity index (χ3v) is 6.81. The quantitative estimate of drug-likeness (QED) is 0.551. The summed E-state index contributed by atoms with van der Waals surface area (Å²) in [6.45, 7) is 10.7. The van der Waals surface area contributed by atoms with E-state index in [4.69, 9.17) is 14.2 Å². The largest absolute Gasteiger partial charge is 0.459 e. The Morgan fingerprint density at radius 2 is 1.88 bits per heavy atom. The first-order valence-electron chi connectivity index (χ1n) is 11.7. The molecule has 2 aliphatic rings. The summed E-state index contributed by atoms with van der Waals surface area (Å²) in [5, 5.41) is 24.7. The van der Waals surface area contributed by atoms with Gasteiger partial charge in [0, 0.05) is 12.0 Å². The van der Waals surface area contributed by atoms with Crippen LogP contribution in [0.5, 0.6) is 0 Å². The van der Waals surface area contributed by atoms with Gasteiger partial charge in [-0.1, -0.05) is 20.8 Å². The Kier molecular flexibility index (Phi) is 9.43. The summed E-state index contributed by atoms with van der Waals surface area (Å²) in [5.74, 6) is -1.81. The first-order chi connectivity index (χ1) is 14.9. The molecule has 0 aromatic carbocycles. The molecule has 0 amide bonds. The number of ketones is 1. The molecule has 2 aliphatic heterocycles. The van der Waals surface area contributed by atoms with Crippen molar-refractivity contribution in [1.82, 2.24) is 5.32 Å². The van der Waals surface area contributed by atoms with Crippen molar-refractivity contribution in [1.29, 1.82) is 0 Å². The van der Waals surface area contributed by atoms with E-state index in [0.29, 0.717) is 19.3 Å². The Balaban J connectivity index is 2.35. The van der Waals surface area contributed by atoms with Gasteiger partial charge in [-0.2, -0.15) is 0 Å². The highest BCUT2D eigenvalue weighted by Gasteiger charge is 2.42. The van der Waals surface area contributed by atoms with Crippen LogP contribution in [0.3, 0.4) is 0 Å². The van der Waals surface area contributed by atoms with E-state index in [1.165, 1.54) is 19.1 Å². The molecule has 1 saturated heterocycles. The van der Waals surface area contributed by atoms with E-state index in [9.17, 15) is 19.8 Å². The number of carbonyl (C=O) groups is 2. The smallest absolute Gasteiger partial charge is 0.311 e. The second kappa shape index (κ2) is 11.2. The van der Waals surface area contributed by atoms with Gasteiger partial charge in [0.2, 0.25) is 0 Å². The minimum absolute atomic E-state index is 0.108. The van der Waals surface area contributed by atoms with Gasteiger partial charge < -0.3 is 29.7 Å². The molecule has 8 heteroatoms. The molecule has 0 saturated carbocycles. The molecule has 0 spiro atoms. The molecule has 10 atom stereocenters. The van der Waals surface area contributed by atoms with Gasteiger partial charge in [0.1, 0.15) is 17.8 Å². The lowest BCUT2D eigenvalue weighted by Crippen LogP contribution is -2.56. The molecule has 0 bridgehead atoms. The predicted octanol–water partition coefficient (Wildman–Crippen LogP) is 1.97. The van der Waals surface area contributed by atoms with Crippen molar-refractivity contribution in [2.75, 3.05) is 7.05 Å². The number of aliphatic hydroxyl groups is 2. The molecule has 8 nitrogen and oxygen atoms in total. The highest BCUT2D eigenvalue weighted by atomic mass is 16.7. The van der Waals surface area contributed by atoms with Crippen LogP contribution >= 0.6 is 0 Å². The fourth-order valence-electron chi connectivity index (χ4n) is 4.68. The molecule has 0 aromatic heterocycles. The Labute approximate surface area is 191 Å². The first-order valence-corrected chi connectivity index (χ1v) is 11.7. The zero-order chi connectivity index (χ0) is 24.2. The van der Waals surface area contributed by atoms with Crippen molar-refractivity contribution in [2.45, 2.75) is 103 Å². The van der Waals surface area contributed by atoms with Crippen LogP contribution in [0, 0.1) is 17.8 Å². The zero-order valence-corrected chi connectivity index (χ0v) is 20.4. The maximum atomic E-state index is 13.1. The Hall–Kier alpha value is -1.32. The van der Waals surface area contributed by atoms with Crippen molar-refractivity contribution in [3.05, 3.63) is 12.2 Å². The summed E-state index contributed by atoms with van der Waals surface area (Å²) in [6, 6.07) is -0.197. The summed E-state index contributed by atoms with van der Waals surface area (Å²) in [5.41, 5.74) is -1.47. The Bertz CT molecular complexity index is 679. The molecule has 1 fully saturated rings. The average molecular weight is 456 g/mol. The van der Waals surface area contributed by atoms with E-state index in [-0.39, 0.29) is 29.8 Å². The summed E-state index contributed by atoms with van der Waals surface area (Å²) in [7, 11) is 1.78. The molecular formula is C24H41NO7. The molecule has 0 aliphatic carbocycles. The number of allylic oxidation sites excluding steroid dienone is 1. The maximum Gasteiger partial charge on any atom is 0.311 e. The van der Waals surface area contributed by atoms with Crippen molar-refractivity contribution < 1.29 is 34.0 Å². The number of ether oxygens (including phenoxy) is 3. The van der Waals surface area contributed by atoms with Crippen molar-refractivity contribution >= 4 is 11.8 Å². The summed E-state index contributed by atoms with van der Waals surface area (Å²) >= 11 is 0. The number of likely N-dealkylation sites (N-methyl/N-ethyl adjacent to an activating group) is 1. The fraction of sp³-hybridized carbons (Fsp3) is 0.833. The monoisotopic (exact) mass is 455 g/mol. The minimum Gasteiger partial charge on any atom is -0.459 e. The maximum absolute atomic E-state index is 13.1. The highest BCUT2D eigenvalue weighted by Crippen LogP contribution is 2.31. The normalized spacial score (nSPS) is 44.5. The molecule has 3 N–H and O–H groups in total. The molecule has 10 unspecified atom stereocenters. The van der Waals surface area contributed by atoms with E-state index in [0.717, 1.165) is 0 Å². The second-order valence-electron chi connectivity index (χ2n) is 9.74. The van der Waals surface area contributed by atoms with Crippen molar-refractivity contribution in [3.8, 4) is 0 Å². The number of hydrogen-bond donors (Lipinski definition) is 3. The number of nitrogens with one attached hydrogen (secondary N) is 1. The lowest BCUT2D eigenvalue weighted by atomic mass is 9.84. The number of aliphatic hydroxyl groups excluding tert-OH is 1. The van der Waals surface area contributed by atoms with Gasteiger partial charge in [-0.15, -0.1) is 0 Å². The fourth-order valence-corrected chi connectivity index (χ4v) is 4.68. The number of rotatable bonds is 4. The van der Waals surface area contributed by atoms with Crippen molar-refractivity contribution in [3.63, 3.8) is 0 Å². The van der Waals surface area contributed by atoms with Gasteiger partial charge in [0.25, 0.3) is 0 Å². The minimum atomic E-state index is -1.47. The molecule has 0 aromatic rings. The Morgan fingerprint density at radius 1 is 1.22 bits per heavy atom. The van der Waals surface area contributed by atoms with E-state index in [1.54, 1.807) is 14.0 Å². The average Bonchev–Trinajstić information content (AvgIpc) is 2.74. The number of hydrogen-bond acceptors (Lipinski definition) is 8. The second-order valence-corrected chi connectivity index (χ2v) is 9.74. The molecule has 184 valence electrons. The van der Waals surface area contributed by atoms with E-state index in [2.05, 4.69) is 5.32 Å². The lowest BCUT2D eigenvalue weighted by molar-refractivity contribution is -0.273. The van der Waals surface area contributed by atoms with Crippen LogP contribution in [-0.4, -0.2) is 71.4 Å². The summed E-state index contributed by atoms with van der Waals surface area (Å²) in [4.78, 5) is 25.7. The summed E-state index contributed by atoms with van der Waals surface area (Å²) in [6.07, 6.45) is 0.886. The van der Waals surface area contributed by atoms with Crippen LogP contribution < -0.4 is 5.32 Å². The molecule has 0 radical (unpaired) electrons. The standard InChI is InChI=1S/C24H41NO7/c1-8-19-24(6,29)10-9-18(26)13(2)11-14(3)21(16(5)22(28)31-19)32-23-20(27)17(25-7)12-15(4)30-23/h9-10,13-17,19-21,23,25,27,29H,8,11-12H2,1-7H3. The number of carbonyl (C=O) groups excluding carboxylic acids is 2. The van der Waals surface area contributed by atoms with Gasteiger partial charge >= 0.3 is 5.97 Å². The van der Waals surface area contributed by atoms with Gasteiger partial charge in [0.15, 0.2) is 12.1 Å². The third kappa shape index (κ3) is 6.38. The highest BCUT2D eigenvalue weighted by molar-refractivity contribution is 5.91. The SMILES string of the molecule is CCC1OC(=O)C(C)C(OC2OC(C)CC(NC)C2O)C(C)CC(C)C(=O)C=CC1(C)O. The van der Waals surface area contributed by atoms with E-state index in [1.807, 2.05) is 27.7 Å². The number of esters is 1. The molecule has 2 rings (SSSR count).